The van der Waals surface area contributed by atoms with Gasteiger partial charge in [0.15, 0.2) is 6.61 Å². The van der Waals surface area contributed by atoms with Crippen LogP contribution in [-0.2, 0) is 4.79 Å². The zero-order chi connectivity index (χ0) is 25.7. The molecule has 0 spiro atoms. The Morgan fingerprint density at radius 3 is 2.21 bits per heavy atom. The number of thiazole rings is 1. The monoisotopic (exact) mass is 516 g/mol. The van der Waals surface area contributed by atoms with Crippen molar-refractivity contribution in [2.75, 3.05) is 11.9 Å². The molecule has 6 rings (SSSR count). The number of carbonyl (C=O) groups excluding carboxylic acids is 1. The fourth-order valence-corrected chi connectivity index (χ4v) is 5.22. The normalized spacial score (nSPS) is 13.4. The zero-order valence-corrected chi connectivity index (χ0v) is 21.2. The van der Waals surface area contributed by atoms with E-state index in [9.17, 15) is 4.79 Å². The Hall–Kier alpha value is -4.75. The molecule has 7 heteroatoms. The summed E-state index contributed by atoms with van der Waals surface area (Å²) in [4.78, 5) is 17.5. The number of amides is 1. The van der Waals surface area contributed by atoms with Gasteiger partial charge in [-0.2, -0.15) is 5.10 Å². The summed E-state index contributed by atoms with van der Waals surface area (Å²) in [5.74, 6) is 0.443. The van der Waals surface area contributed by atoms with Crippen molar-refractivity contribution >= 4 is 34.8 Å². The van der Waals surface area contributed by atoms with Crippen LogP contribution in [0, 0.1) is 0 Å². The van der Waals surface area contributed by atoms with Crippen LogP contribution in [0.1, 0.15) is 17.0 Å². The van der Waals surface area contributed by atoms with Gasteiger partial charge in [-0.25, -0.2) is 9.67 Å². The molecule has 0 unspecified atom stereocenters. The minimum atomic E-state index is -0.167. The van der Waals surface area contributed by atoms with Gasteiger partial charge < -0.3 is 10.1 Å². The first-order valence-corrected chi connectivity index (χ1v) is 13.1. The summed E-state index contributed by atoms with van der Waals surface area (Å²) in [6.07, 6.45) is 1.97. The number of nitrogens with one attached hydrogen (secondary N) is 1. The molecular weight excluding hydrogens is 492 g/mol. The first-order chi connectivity index (χ1) is 18.7. The van der Waals surface area contributed by atoms with Crippen molar-refractivity contribution in [2.24, 2.45) is 10.1 Å². The number of rotatable bonds is 6. The van der Waals surface area contributed by atoms with Crippen LogP contribution in [0.5, 0.6) is 5.75 Å². The predicted molar refractivity (Wildman–Crippen MR) is 152 cm³/mol. The molecule has 5 aromatic rings. The Labute approximate surface area is 224 Å². The van der Waals surface area contributed by atoms with Crippen molar-refractivity contribution in [3.05, 3.63) is 131 Å². The summed E-state index contributed by atoms with van der Waals surface area (Å²) >= 11 is 1.51. The van der Waals surface area contributed by atoms with Gasteiger partial charge in [-0.1, -0.05) is 78.9 Å². The van der Waals surface area contributed by atoms with Gasteiger partial charge in [0.1, 0.15) is 5.75 Å². The van der Waals surface area contributed by atoms with E-state index in [2.05, 4.69) is 29.6 Å². The number of anilines is 1. The van der Waals surface area contributed by atoms with Crippen LogP contribution in [0.2, 0.25) is 0 Å². The first kappa shape index (κ1) is 23.6. The number of carbonyl (C=O) groups is 1. The van der Waals surface area contributed by atoms with Crippen LogP contribution in [-0.4, -0.2) is 23.4 Å². The van der Waals surface area contributed by atoms with Crippen molar-refractivity contribution in [3.8, 4) is 17.0 Å². The zero-order valence-electron chi connectivity index (χ0n) is 20.4. The lowest BCUT2D eigenvalue weighted by Crippen LogP contribution is -2.25. The van der Waals surface area contributed by atoms with Crippen molar-refractivity contribution in [2.45, 2.75) is 5.92 Å². The van der Waals surface area contributed by atoms with Gasteiger partial charge in [0, 0.05) is 23.1 Å². The molecule has 0 saturated carbocycles. The van der Waals surface area contributed by atoms with Crippen molar-refractivity contribution in [3.63, 3.8) is 0 Å². The van der Waals surface area contributed by atoms with Gasteiger partial charge in [-0.3, -0.25) is 4.79 Å². The number of fused-ring (bicyclic) bond motifs is 1. The van der Waals surface area contributed by atoms with Crippen LogP contribution in [0.3, 0.4) is 0 Å². The van der Waals surface area contributed by atoms with Crippen molar-refractivity contribution in [1.29, 1.82) is 0 Å². The van der Waals surface area contributed by atoms with E-state index in [1.807, 2.05) is 101 Å². The Morgan fingerprint density at radius 2 is 1.53 bits per heavy atom. The van der Waals surface area contributed by atoms with E-state index in [0.717, 1.165) is 32.9 Å². The lowest BCUT2D eigenvalue weighted by Gasteiger charge is -2.18. The fourth-order valence-electron chi connectivity index (χ4n) is 4.36. The molecule has 0 fully saturated rings. The number of ether oxygens (including phenoxy) is 1. The highest BCUT2D eigenvalue weighted by molar-refractivity contribution is 7.07. The molecule has 4 aromatic carbocycles. The summed E-state index contributed by atoms with van der Waals surface area (Å²) in [7, 11) is 0. The minimum Gasteiger partial charge on any atom is -0.482 e. The van der Waals surface area contributed by atoms with E-state index in [1.54, 1.807) is 0 Å². The maximum absolute atomic E-state index is 11.9. The Kier molecular flexibility index (Phi) is 6.66. The molecule has 1 aliphatic rings. The number of hydrogen-bond acceptors (Lipinski definition) is 5. The molecule has 0 saturated heterocycles. The van der Waals surface area contributed by atoms with Crippen molar-refractivity contribution in [1.82, 2.24) is 4.68 Å². The second-order valence-electron chi connectivity index (χ2n) is 8.77. The van der Waals surface area contributed by atoms with E-state index < -0.39 is 0 Å². The Morgan fingerprint density at radius 1 is 0.868 bits per heavy atom. The predicted octanol–water partition coefficient (Wildman–Crippen LogP) is 6.45. The molecule has 1 N–H and O–H groups in total. The molecule has 186 valence electrons. The van der Waals surface area contributed by atoms with Gasteiger partial charge in [0.25, 0.3) is 5.91 Å². The van der Waals surface area contributed by atoms with E-state index >= 15 is 0 Å². The summed E-state index contributed by atoms with van der Waals surface area (Å²) in [6, 6.07) is 36.3. The molecule has 2 heterocycles. The quantitative estimate of drug-likeness (QED) is 0.264. The number of para-hydroxylation sites is 1. The number of hydrogen-bond donors (Lipinski definition) is 1. The summed E-state index contributed by atoms with van der Waals surface area (Å²) < 4.78 is 7.42. The van der Waals surface area contributed by atoms with E-state index in [1.165, 1.54) is 11.3 Å². The molecule has 6 nitrogen and oxygen atoms in total. The highest BCUT2D eigenvalue weighted by atomic mass is 32.1. The van der Waals surface area contributed by atoms with Crippen molar-refractivity contribution < 1.29 is 9.53 Å². The molecular formula is C31H24N4O2S. The van der Waals surface area contributed by atoms with Crippen LogP contribution in [0.25, 0.3) is 11.3 Å². The van der Waals surface area contributed by atoms with Gasteiger partial charge in [0.05, 0.1) is 17.1 Å². The summed E-state index contributed by atoms with van der Waals surface area (Å²) in [5, 5.41) is 9.94. The third-order valence-electron chi connectivity index (χ3n) is 6.22. The maximum atomic E-state index is 11.9. The summed E-state index contributed by atoms with van der Waals surface area (Å²) in [6.45, 7) is 0.0234. The molecule has 38 heavy (non-hydrogen) atoms. The highest BCUT2D eigenvalue weighted by Crippen LogP contribution is 2.33. The largest absolute Gasteiger partial charge is 0.482 e. The average molecular weight is 517 g/mol. The van der Waals surface area contributed by atoms with E-state index in [4.69, 9.17) is 14.8 Å². The third kappa shape index (κ3) is 5.05. The lowest BCUT2D eigenvalue weighted by molar-refractivity contribution is -0.118. The lowest BCUT2D eigenvalue weighted by atomic mass is 9.92. The number of nitrogens with zero attached hydrogens (tertiary/aromatic N) is 3. The molecule has 0 atom stereocenters. The smallest absolute Gasteiger partial charge is 0.262 e. The number of aromatic nitrogens is 1. The van der Waals surface area contributed by atoms with Crippen LogP contribution in [0.4, 0.5) is 11.4 Å². The standard InChI is InChI=1S/C31H24N4O2S/c36-30-20-37-29-17-16-24(18-27(29)34-30)28-21-38-31(33-25-14-8-3-9-15-25)35(28)32-19-26(22-10-4-1-5-11-22)23-12-6-2-7-13-23/h1-19,21,26H,20H2,(H,34,36). The van der Waals surface area contributed by atoms with E-state index in [-0.39, 0.29) is 18.4 Å². The first-order valence-electron chi connectivity index (χ1n) is 12.3. The molecule has 1 aliphatic heterocycles. The molecule has 0 bridgehead atoms. The minimum absolute atomic E-state index is 0.0234. The second kappa shape index (κ2) is 10.7. The van der Waals surface area contributed by atoms with Crippen LogP contribution >= 0.6 is 11.3 Å². The second-order valence-corrected chi connectivity index (χ2v) is 9.61. The SMILES string of the molecule is O=C1COc2ccc(-c3csc(=Nc4ccccc4)n3N=CC(c3ccccc3)c3ccccc3)cc2N1. The molecule has 0 radical (unpaired) electrons. The van der Waals surface area contributed by atoms with Crippen LogP contribution < -0.4 is 14.9 Å². The van der Waals surface area contributed by atoms with E-state index in [0.29, 0.717) is 11.4 Å². The molecule has 1 aromatic heterocycles. The van der Waals surface area contributed by atoms with Gasteiger partial charge in [-0.15, -0.1) is 11.3 Å². The molecule has 1 amide bonds. The molecule has 0 aliphatic carbocycles. The number of benzene rings is 4. The fraction of sp³-hybridized carbons (Fsp3) is 0.0645. The Balaban J connectivity index is 1.48. The third-order valence-corrected chi connectivity index (χ3v) is 7.04. The highest BCUT2D eigenvalue weighted by Gasteiger charge is 2.18. The average Bonchev–Trinajstić information content (AvgIpc) is 3.36. The van der Waals surface area contributed by atoms with Gasteiger partial charge in [-0.05, 0) is 41.5 Å². The maximum Gasteiger partial charge on any atom is 0.262 e. The Bertz CT molecular complexity index is 1620. The summed E-state index contributed by atoms with van der Waals surface area (Å²) in [5.41, 5.74) is 5.55. The van der Waals surface area contributed by atoms with Gasteiger partial charge in [0.2, 0.25) is 4.80 Å². The van der Waals surface area contributed by atoms with Crippen LogP contribution in [0.15, 0.2) is 125 Å². The van der Waals surface area contributed by atoms with Gasteiger partial charge >= 0.3 is 0 Å². The topological polar surface area (TPSA) is 68.0 Å².